The van der Waals surface area contributed by atoms with E-state index in [1.165, 1.54) is 6.20 Å². The molecule has 2 aromatic heterocycles. The van der Waals surface area contributed by atoms with Crippen molar-refractivity contribution in [2.45, 2.75) is 27.3 Å². The molecule has 2 N–H and O–H groups in total. The number of nitrogens with one attached hydrogen (secondary N) is 2. The topological polar surface area (TPSA) is 75.6 Å². The van der Waals surface area contributed by atoms with Crippen molar-refractivity contribution in [2.24, 2.45) is 5.41 Å². The summed E-state index contributed by atoms with van der Waals surface area (Å²) >= 11 is 0. The Labute approximate surface area is 111 Å². The van der Waals surface area contributed by atoms with Crippen LogP contribution < -0.4 is 10.9 Å². The van der Waals surface area contributed by atoms with E-state index >= 15 is 0 Å². The Balaban J connectivity index is 2.38. The minimum atomic E-state index is -0.184. The van der Waals surface area contributed by atoms with Crippen molar-refractivity contribution in [1.82, 2.24) is 19.7 Å². The van der Waals surface area contributed by atoms with Crippen LogP contribution in [0, 0.1) is 5.41 Å². The van der Waals surface area contributed by atoms with E-state index in [-0.39, 0.29) is 11.0 Å². The third-order valence-electron chi connectivity index (χ3n) is 2.59. The van der Waals surface area contributed by atoms with Gasteiger partial charge in [0.25, 0.3) is 5.56 Å². The minimum absolute atomic E-state index is 0.106. The molecule has 0 aliphatic heterocycles. The highest BCUT2D eigenvalue weighted by Crippen LogP contribution is 2.14. The molecule has 2 heterocycles. The zero-order valence-corrected chi connectivity index (χ0v) is 11.5. The Morgan fingerprint density at radius 2 is 2.26 bits per heavy atom. The molecule has 0 aliphatic carbocycles. The predicted octanol–water partition coefficient (Wildman–Crippen LogP) is 1.76. The summed E-state index contributed by atoms with van der Waals surface area (Å²) in [6, 6.07) is 0. The van der Waals surface area contributed by atoms with Crippen LogP contribution in [-0.4, -0.2) is 26.3 Å². The van der Waals surface area contributed by atoms with Gasteiger partial charge in [-0.2, -0.15) is 10.1 Å². The van der Waals surface area contributed by atoms with E-state index in [0.717, 1.165) is 6.54 Å². The first-order valence-corrected chi connectivity index (χ1v) is 6.21. The standard InChI is InChI=1S/C13H19N5O/c1-5-6-18-10-9(7-15-18)11(19)17-12(16-10)14-8-13(2,3)4/h5,7H,1,6,8H2,2-4H3,(H2,14,16,17,19). The number of aromatic nitrogens is 4. The fraction of sp³-hybridized carbons (Fsp3) is 0.462. The van der Waals surface area contributed by atoms with Gasteiger partial charge in [0, 0.05) is 6.54 Å². The second-order valence-corrected chi connectivity index (χ2v) is 5.68. The van der Waals surface area contributed by atoms with Gasteiger partial charge in [-0.3, -0.25) is 9.78 Å². The molecule has 6 nitrogen and oxygen atoms in total. The molecule has 0 fully saturated rings. The fourth-order valence-electron chi connectivity index (χ4n) is 1.65. The minimum Gasteiger partial charge on any atom is -0.355 e. The summed E-state index contributed by atoms with van der Waals surface area (Å²) in [5.41, 5.74) is 0.492. The van der Waals surface area contributed by atoms with Crippen LogP contribution in [0.4, 0.5) is 5.95 Å². The highest BCUT2D eigenvalue weighted by Gasteiger charge is 2.12. The fourth-order valence-corrected chi connectivity index (χ4v) is 1.65. The third-order valence-corrected chi connectivity index (χ3v) is 2.59. The molecular formula is C13H19N5O. The molecule has 6 heteroatoms. The molecule has 102 valence electrons. The van der Waals surface area contributed by atoms with Gasteiger partial charge in [-0.1, -0.05) is 26.8 Å². The average Bonchev–Trinajstić information content (AvgIpc) is 2.70. The van der Waals surface area contributed by atoms with Gasteiger partial charge < -0.3 is 5.32 Å². The molecule has 0 aliphatic rings. The van der Waals surface area contributed by atoms with Crippen molar-refractivity contribution in [2.75, 3.05) is 11.9 Å². The molecule has 0 unspecified atom stereocenters. The number of hydrogen-bond acceptors (Lipinski definition) is 4. The number of H-pyrrole nitrogens is 1. The Morgan fingerprint density at radius 1 is 1.53 bits per heavy atom. The van der Waals surface area contributed by atoms with E-state index in [1.54, 1.807) is 10.8 Å². The Kier molecular flexibility index (Phi) is 3.42. The summed E-state index contributed by atoms with van der Waals surface area (Å²) in [7, 11) is 0. The first-order chi connectivity index (χ1) is 8.90. The maximum atomic E-state index is 11.9. The Bertz CT molecular complexity index is 647. The van der Waals surface area contributed by atoms with Crippen molar-refractivity contribution >= 4 is 17.0 Å². The first-order valence-electron chi connectivity index (χ1n) is 6.21. The van der Waals surface area contributed by atoms with E-state index in [0.29, 0.717) is 23.5 Å². The number of hydrogen-bond donors (Lipinski definition) is 2. The number of allylic oxidation sites excluding steroid dienone is 1. The predicted molar refractivity (Wildman–Crippen MR) is 76.3 cm³/mol. The lowest BCUT2D eigenvalue weighted by molar-refractivity contribution is 0.442. The van der Waals surface area contributed by atoms with Crippen LogP contribution >= 0.6 is 0 Å². The van der Waals surface area contributed by atoms with Gasteiger partial charge in [0.2, 0.25) is 5.95 Å². The van der Waals surface area contributed by atoms with E-state index < -0.39 is 0 Å². The summed E-state index contributed by atoms with van der Waals surface area (Å²) in [6.07, 6.45) is 3.25. The van der Waals surface area contributed by atoms with Crippen LogP contribution in [-0.2, 0) is 6.54 Å². The van der Waals surface area contributed by atoms with Gasteiger partial charge in [-0.05, 0) is 5.41 Å². The number of rotatable bonds is 4. The molecule has 2 rings (SSSR count). The number of nitrogens with zero attached hydrogens (tertiary/aromatic N) is 3. The zero-order chi connectivity index (χ0) is 14.0. The van der Waals surface area contributed by atoms with Crippen LogP contribution in [0.3, 0.4) is 0 Å². The lowest BCUT2D eigenvalue weighted by Gasteiger charge is -2.18. The molecule has 0 amide bonds. The lowest BCUT2D eigenvalue weighted by atomic mass is 9.97. The van der Waals surface area contributed by atoms with E-state index in [4.69, 9.17) is 0 Å². The molecule has 0 saturated carbocycles. The number of aromatic amines is 1. The Morgan fingerprint density at radius 3 is 2.89 bits per heavy atom. The van der Waals surface area contributed by atoms with Crippen LogP contribution in [0.5, 0.6) is 0 Å². The van der Waals surface area contributed by atoms with Crippen LogP contribution in [0.15, 0.2) is 23.6 Å². The summed E-state index contributed by atoms with van der Waals surface area (Å²) in [5, 5.41) is 7.76. The van der Waals surface area contributed by atoms with Gasteiger partial charge >= 0.3 is 0 Å². The molecule has 0 atom stereocenters. The van der Waals surface area contributed by atoms with Crippen LogP contribution in [0.1, 0.15) is 20.8 Å². The monoisotopic (exact) mass is 261 g/mol. The van der Waals surface area contributed by atoms with Crippen LogP contribution in [0.2, 0.25) is 0 Å². The maximum Gasteiger partial charge on any atom is 0.263 e. The Hall–Kier alpha value is -2.11. The first kappa shape index (κ1) is 13.3. The highest BCUT2D eigenvalue weighted by atomic mass is 16.1. The van der Waals surface area contributed by atoms with Crippen molar-refractivity contribution in [3.05, 3.63) is 29.2 Å². The van der Waals surface area contributed by atoms with Crippen molar-refractivity contribution < 1.29 is 0 Å². The van der Waals surface area contributed by atoms with Gasteiger partial charge in [0.1, 0.15) is 5.39 Å². The molecule has 2 aromatic rings. The molecule has 0 aromatic carbocycles. The van der Waals surface area contributed by atoms with Gasteiger partial charge in [0.15, 0.2) is 5.65 Å². The van der Waals surface area contributed by atoms with Gasteiger partial charge in [0.05, 0.1) is 12.7 Å². The van der Waals surface area contributed by atoms with Crippen LogP contribution in [0.25, 0.3) is 11.0 Å². The molecule has 0 spiro atoms. The van der Waals surface area contributed by atoms with E-state index in [9.17, 15) is 4.79 Å². The second kappa shape index (κ2) is 4.87. The van der Waals surface area contributed by atoms with Gasteiger partial charge in [-0.15, -0.1) is 6.58 Å². The third kappa shape index (κ3) is 3.01. The second-order valence-electron chi connectivity index (χ2n) is 5.68. The average molecular weight is 261 g/mol. The lowest BCUT2D eigenvalue weighted by Crippen LogP contribution is -2.22. The zero-order valence-electron chi connectivity index (χ0n) is 11.5. The van der Waals surface area contributed by atoms with Crippen molar-refractivity contribution in [1.29, 1.82) is 0 Å². The molecule has 0 bridgehead atoms. The molecule has 0 saturated heterocycles. The van der Waals surface area contributed by atoms with Gasteiger partial charge in [-0.25, -0.2) is 4.68 Å². The van der Waals surface area contributed by atoms with Crippen molar-refractivity contribution in [3.63, 3.8) is 0 Å². The molecular weight excluding hydrogens is 242 g/mol. The SMILES string of the molecule is C=CCn1ncc2c(=O)[nH]c(NCC(C)(C)C)nc21. The van der Waals surface area contributed by atoms with Crippen molar-refractivity contribution in [3.8, 4) is 0 Å². The largest absolute Gasteiger partial charge is 0.355 e. The molecule has 0 radical (unpaired) electrons. The summed E-state index contributed by atoms with van der Waals surface area (Å²) < 4.78 is 1.65. The number of anilines is 1. The summed E-state index contributed by atoms with van der Waals surface area (Å²) in [5.74, 6) is 0.471. The van der Waals surface area contributed by atoms with E-state index in [2.05, 4.69) is 47.7 Å². The summed E-state index contributed by atoms with van der Waals surface area (Å²) in [6.45, 7) is 11.2. The number of fused-ring (bicyclic) bond motifs is 1. The smallest absolute Gasteiger partial charge is 0.263 e. The van der Waals surface area contributed by atoms with E-state index in [1.807, 2.05) is 0 Å². The quantitative estimate of drug-likeness (QED) is 0.822. The highest BCUT2D eigenvalue weighted by molar-refractivity contribution is 5.74. The normalized spacial score (nSPS) is 11.7. The summed E-state index contributed by atoms with van der Waals surface area (Å²) in [4.78, 5) is 19.1. The molecule has 19 heavy (non-hydrogen) atoms. The maximum absolute atomic E-state index is 11.9.